The van der Waals surface area contributed by atoms with Crippen LogP contribution in [-0.4, -0.2) is 35.8 Å². The molecule has 2 aromatic carbocycles. The van der Waals surface area contributed by atoms with Gasteiger partial charge in [0.05, 0.1) is 5.69 Å². The lowest BCUT2D eigenvalue weighted by Crippen LogP contribution is -2.13. The lowest BCUT2D eigenvalue weighted by atomic mass is 9.97. The molecule has 4 rings (SSSR count). The number of likely N-dealkylation sites (N-methyl/N-ethyl adjacent to an activating group) is 1. The first kappa shape index (κ1) is 16.0. The van der Waals surface area contributed by atoms with Crippen LogP contribution >= 0.6 is 0 Å². The zero-order valence-electron chi connectivity index (χ0n) is 14.3. The van der Waals surface area contributed by atoms with Gasteiger partial charge in [-0.15, -0.1) is 0 Å². The van der Waals surface area contributed by atoms with Crippen molar-refractivity contribution in [3.8, 4) is 0 Å². The van der Waals surface area contributed by atoms with Crippen molar-refractivity contribution in [3.63, 3.8) is 0 Å². The zero-order valence-corrected chi connectivity index (χ0v) is 14.3. The molecular formula is C21H21FN2O. The lowest BCUT2D eigenvalue weighted by Gasteiger charge is -2.10. The monoisotopic (exact) mass is 336 g/mol. The quantitative estimate of drug-likeness (QED) is 0.727. The molecule has 1 saturated heterocycles. The molecule has 2 heterocycles. The van der Waals surface area contributed by atoms with Gasteiger partial charge in [0.25, 0.3) is 0 Å². The van der Waals surface area contributed by atoms with Crippen molar-refractivity contribution in [2.75, 3.05) is 20.1 Å². The number of ketones is 1. The van der Waals surface area contributed by atoms with Crippen LogP contribution in [0.2, 0.25) is 0 Å². The largest absolute Gasteiger partial charge is 0.352 e. The van der Waals surface area contributed by atoms with Crippen LogP contribution in [0.5, 0.6) is 0 Å². The highest BCUT2D eigenvalue weighted by molar-refractivity contribution is 6.00. The molecule has 3 nitrogen and oxygen atoms in total. The Bertz CT molecular complexity index is 931. The van der Waals surface area contributed by atoms with E-state index in [0.717, 1.165) is 24.0 Å². The third-order valence-electron chi connectivity index (χ3n) is 5.06. The number of carbonyl (C=O) groups excluding carboxylic acids is 1. The number of nitrogens with zero attached hydrogens (tertiary/aromatic N) is 1. The normalized spacial score (nSPS) is 18.1. The standard InChI is InChI=1S/C21H21FN2O/c1-24-8-7-16(13-24)15-5-6-19-17(11-15)12-20(23-19)21(25)10-14-3-2-4-18(22)9-14/h2-6,9,11-12,16,23H,7-8,10,13H2,1H3. The predicted octanol–water partition coefficient (Wildman–Crippen LogP) is 4.15. The highest BCUT2D eigenvalue weighted by Gasteiger charge is 2.21. The molecule has 4 heteroatoms. The predicted molar refractivity (Wildman–Crippen MR) is 97.6 cm³/mol. The van der Waals surface area contributed by atoms with Crippen LogP contribution in [0.15, 0.2) is 48.5 Å². The smallest absolute Gasteiger partial charge is 0.183 e. The van der Waals surface area contributed by atoms with Gasteiger partial charge in [0, 0.05) is 23.9 Å². The zero-order chi connectivity index (χ0) is 17.4. The summed E-state index contributed by atoms with van der Waals surface area (Å²) in [6, 6.07) is 14.5. The topological polar surface area (TPSA) is 36.1 Å². The molecule has 0 amide bonds. The number of Topliss-reactive ketones (excluding diaryl/α,β-unsaturated/α-hetero) is 1. The van der Waals surface area contributed by atoms with Crippen molar-refractivity contribution >= 4 is 16.7 Å². The van der Waals surface area contributed by atoms with Gasteiger partial charge in [-0.1, -0.05) is 18.2 Å². The summed E-state index contributed by atoms with van der Waals surface area (Å²) in [5, 5.41) is 1.06. The Hall–Kier alpha value is -2.46. The summed E-state index contributed by atoms with van der Waals surface area (Å²) in [4.78, 5) is 18.1. The van der Waals surface area contributed by atoms with E-state index in [1.165, 1.54) is 24.1 Å². The maximum absolute atomic E-state index is 13.3. The molecule has 0 aliphatic carbocycles. The Balaban J connectivity index is 1.57. The van der Waals surface area contributed by atoms with Gasteiger partial charge in [-0.05, 0) is 67.4 Å². The average molecular weight is 336 g/mol. The van der Waals surface area contributed by atoms with Gasteiger partial charge in [-0.3, -0.25) is 4.79 Å². The minimum atomic E-state index is -0.312. The first-order valence-corrected chi connectivity index (χ1v) is 8.67. The van der Waals surface area contributed by atoms with E-state index in [1.807, 2.05) is 6.07 Å². The molecule has 1 aromatic heterocycles. The van der Waals surface area contributed by atoms with Gasteiger partial charge < -0.3 is 9.88 Å². The van der Waals surface area contributed by atoms with Gasteiger partial charge in [-0.25, -0.2) is 4.39 Å². The summed E-state index contributed by atoms with van der Waals surface area (Å²) < 4.78 is 13.3. The van der Waals surface area contributed by atoms with Crippen LogP contribution in [0, 0.1) is 5.82 Å². The van der Waals surface area contributed by atoms with Crippen molar-refractivity contribution < 1.29 is 9.18 Å². The van der Waals surface area contributed by atoms with Crippen LogP contribution in [0.25, 0.3) is 10.9 Å². The number of carbonyl (C=O) groups is 1. The van der Waals surface area contributed by atoms with Crippen LogP contribution in [-0.2, 0) is 6.42 Å². The Morgan fingerprint density at radius 3 is 2.88 bits per heavy atom. The van der Waals surface area contributed by atoms with Gasteiger partial charge in [-0.2, -0.15) is 0 Å². The molecule has 1 unspecified atom stereocenters. The summed E-state index contributed by atoms with van der Waals surface area (Å²) in [5.74, 6) is 0.229. The number of aromatic nitrogens is 1. The van der Waals surface area contributed by atoms with Crippen LogP contribution in [0.3, 0.4) is 0 Å². The van der Waals surface area contributed by atoms with Crippen LogP contribution in [0.1, 0.15) is 34.0 Å². The molecule has 1 fully saturated rings. The molecule has 1 aliphatic rings. The lowest BCUT2D eigenvalue weighted by molar-refractivity contribution is 0.0989. The second-order valence-corrected chi connectivity index (χ2v) is 7.01. The van der Waals surface area contributed by atoms with Gasteiger partial charge >= 0.3 is 0 Å². The molecule has 1 N–H and O–H groups in total. The third-order valence-corrected chi connectivity index (χ3v) is 5.06. The molecular weight excluding hydrogens is 315 g/mol. The number of benzene rings is 2. The average Bonchev–Trinajstić information content (AvgIpc) is 3.20. The summed E-state index contributed by atoms with van der Waals surface area (Å²) in [7, 11) is 2.15. The number of hydrogen-bond donors (Lipinski definition) is 1. The summed E-state index contributed by atoms with van der Waals surface area (Å²) in [6.45, 7) is 2.22. The van der Waals surface area contributed by atoms with E-state index in [0.29, 0.717) is 17.2 Å². The SMILES string of the molecule is CN1CCC(c2ccc3[nH]c(C(=O)Cc4cccc(F)c4)cc3c2)C1. The van der Waals surface area contributed by atoms with Gasteiger partial charge in [0.15, 0.2) is 5.78 Å². The fraction of sp³-hybridized carbons (Fsp3) is 0.286. The number of likely N-dealkylation sites (tertiary alicyclic amines) is 1. The van der Waals surface area contributed by atoms with Crippen LogP contribution in [0.4, 0.5) is 4.39 Å². The first-order valence-electron chi connectivity index (χ1n) is 8.67. The highest BCUT2D eigenvalue weighted by atomic mass is 19.1. The first-order chi connectivity index (χ1) is 12.1. The second-order valence-electron chi connectivity index (χ2n) is 7.01. The number of fused-ring (bicyclic) bond motifs is 1. The molecule has 3 aromatic rings. The number of nitrogens with one attached hydrogen (secondary N) is 1. The van der Waals surface area contributed by atoms with E-state index >= 15 is 0 Å². The molecule has 1 atom stereocenters. The van der Waals surface area contributed by atoms with E-state index in [2.05, 4.69) is 35.1 Å². The highest BCUT2D eigenvalue weighted by Crippen LogP contribution is 2.29. The summed E-state index contributed by atoms with van der Waals surface area (Å²) >= 11 is 0. The third kappa shape index (κ3) is 3.35. The van der Waals surface area contributed by atoms with E-state index in [1.54, 1.807) is 12.1 Å². The summed E-state index contributed by atoms with van der Waals surface area (Å²) in [5.41, 5.74) is 3.58. The number of aromatic amines is 1. The second kappa shape index (κ2) is 6.45. The van der Waals surface area contributed by atoms with Crippen molar-refractivity contribution in [1.82, 2.24) is 9.88 Å². The molecule has 0 saturated carbocycles. The molecule has 1 aliphatic heterocycles. The minimum Gasteiger partial charge on any atom is -0.352 e. The molecule has 128 valence electrons. The Kier molecular flexibility index (Phi) is 4.14. The van der Waals surface area contributed by atoms with Gasteiger partial charge in [0.1, 0.15) is 5.82 Å². The van der Waals surface area contributed by atoms with Crippen molar-refractivity contribution in [2.24, 2.45) is 0 Å². The number of rotatable bonds is 4. The minimum absolute atomic E-state index is 0.0241. The maximum Gasteiger partial charge on any atom is 0.183 e. The van der Waals surface area contributed by atoms with Crippen LogP contribution < -0.4 is 0 Å². The molecule has 25 heavy (non-hydrogen) atoms. The van der Waals surface area contributed by atoms with Crippen molar-refractivity contribution in [1.29, 1.82) is 0 Å². The van der Waals surface area contributed by atoms with Crippen molar-refractivity contribution in [3.05, 3.63) is 71.2 Å². The van der Waals surface area contributed by atoms with Gasteiger partial charge in [0.2, 0.25) is 0 Å². The number of hydrogen-bond acceptors (Lipinski definition) is 2. The Labute approximate surface area is 146 Å². The fourth-order valence-electron chi connectivity index (χ4n) is 3.69. The van der Waals surface area contributed by atoms with E-state index in [9.17, 15) is 9.18 Å². The fourth-order valence-corrected chi connectivity index (χ4v) is 3.69. The number of H-pyrrole nitrogens is 1. The maximum atomic E-state index is 13.3. The summed E-state index contributed by atoms with van der Waals surface area (Å²) in [6.07, 6.45) is 1.38. The van der Waals surface area contributed by atoms with E-state index in [-0.39, 0.29) is 18.0 Å². The molecule has 0 spiro atoms. The Morgan fingerprint density at radius 1 is 1.24 bits per heavy atom. The Morgan fingerprint density at radius 2 is 2.12 bits per heavy atom. The van der Waals surface area contributed by atoms with E-state index in [4.69, 9.17) is 0 Å². The number of halogens is 1. The molecule has 0 bridgehead atoms. The molecule has 0 radical (unpaired) electrons. The van der Waals surface area contributed by atoms with E-state index < -0.39 is 0 Å². The van der Waals surface area contributed by atoms with Crippen molar-refractivity contribution in [2.45, 2.75) is 18.8 Å².